The molecule has 2 aromatic rings. The molecule has 0 aliphatic carbocycles. The number of rotatable bonds is 14. The summed E-state index contributed by atoms with van der Waals surface area (Å²) >= 11 is 0. The molecular weight excluding hydrogens is 484 g/mol. The first-order valence-corrected chi connectivity index (χ1v) is 12.0. The van der Waals surface area contributed by atoms with E-state index in [1.807, 2.05) is 45.0 Å². The predicted octanol–water partition coefficient (Wildman–Crippen LogP) is 5.05. The number of alkyl carbamates (subject to hydrolysis) is 1. The number of ether oxygens (including phenoxy) is 5. The molecule has 11 nitrogen and oxygen atoms in total. The van der Waals surface area contributed by atoms with Gasteiger partial charge in [-0.1, -0.05) is 12.1 Å². The van der Waals surface area contributed by atoms with E-state index in [-0.39, 0.29) is 24.7 Å². The van der Waals surface area contributed by atoms with Gasteiger partial charge < -0.3 is 29.0 Å². The Morgan fingerprint density at radius 2 is 1.54 bits per heavy atom. The van der Waals surface area contributed by atoms with E-state index in [1.54, 1.807) is 0 Å². The minimum atomic E-state index is -0.923. The molecule has 0 radical (unpaired) electrons. The highest BCUT2D eigenvalue weighted by Crippen LogP contribution is 2.18. The molecule has 0 aromatic heterocycles. The van der Waals surface area contributed by atoms with Crippen LogP contribution < -0.4 is 14.8 Å². The molecule has 202 valence electrons. The molecule has 0 atom stereocenters. The summed E-state index contributed by atoms with van der Waals surface area (Å²) in [5, 5.41) is 13.4. The van der Waals surface area contributed by atoms with Gasteiger partial charge in [0.05, 0.1) is 18.1 Å². The lowest BCUT2D eigenvalue weighted by atomic mass is 10.1. The van der Waals surface area contributed by atoms with Crippen molar-refractivity contribution in [3.63, 3.8) is 0 Å². The van der Waals surface area contributed by atoms with Gasteiger partial charge in [-0.25, -0.2) is 9.59 Å². The van der Waals surface area contributed by atoms with E-state index < -0.39 is 22.8 Å². The lowest BCUT2D eigenvalue weighted by molar-refractivity contribution is -0.384. The van der Waals surface area contributed by atoms with Gasteiger partial charge in [-0.15, -0.1) is 0 Å². The van der Waals surface area contributed by atoms with Crippen molar-refractivity contribution in [1.29, 1.82) is 0 Å². The first-order chi connectivity index (χ1) is 17.6. The quantitative estimate of drug-likeness (QED) is 0.120. The summed E-state index contributed by atoms with van der Waals surface area (Å²) in [7, 11) is 0. The average molecular weight is 519 g/mol. The van der Waals surface area contributed by atoms with Crippen LogP contribution in [0.3, 0.4) is 0 Å². The summed E-state index contributed by atoms with van der Waals surface area (Å²) < 4.78 is 26.0. The Kier molecular flexibility index (Phi) is 12.1. The summed E-state index contributed by atoms with van der Waals surface area (Å²) in [6.07, 6.45) is 1.37. The SMILES string of the molecule is CC(C)(C)OC(=O)NCCCCc1ccc(OCCOCCOC(=O)Oc2ccc([N+](=O)[O-])cc2)cc1. The van der Waals surface area contributed by atoms with Crippen LogP contribution in [0.15, 0.2) is 48.5 Å². The molecule has 1 N–H and O–H groups in total. The maximum absolute atomic E-state index is 11.6. The van der Waals surface area contributed by atoms with E-state index in [4.69, 9.17) is 23.7 Å². The molecule has 0 unspecified atom stereocenters. The van der Waals surface area contributed by atoms with Gasteiger partial charge >= 0.3 is 12.2 Å². The normalized spacial score (nSPS) is 10.9. The van der Waals surface area contributed by atoms with E-state index in [1.165, 1.54) is 29.8 Å². The number of hydrogen-bond donors (Lipinski definition) is 1. The molecule has 0 bridgehead atoms. The fraction of sp³-hybridized carbons (Fsp3) is 0.462. The molecule has 0 spiro atoms. The Labute approximate surface area is 216 Å². The monoisotopic (exact) mass is 518 g/mol. The Bertz CT molecular complexity index is 987. The number of nitrogens with zero attached hydrogens (tertiary/aromatic N) is 1. The van der Waals surface area contributed by atoms with E-state index in [9.17, 15) is 19.7 Å². The highest BCUT2D eigenvalue weighted by atomic mass is 16.7. The maximum atomic E-state index is 11.6. The van der Waals surface area contributed by atoms with Crippen molar-refractivity contribution >= 4 is 17.9 Å². The zero-order chi connectivity index (χ0) is 27.1. The second-order valence-electron chi connectivity index (χ2n) is 8.94. The van der Waals surface area contributed by atoms with Crippen LogP contribution in [-0.2, 0) is 20.6 Å². The van der Waals surface area contributed by atoms with E-state index >= 15 is 0 Å². The zero-order valence-electron chi connectivity index (χ0n) is 21.4. The lowest BCUT2D eigenvalue weighted by Crippen LogP contribution is -2.33. The third-order valence-corrected chi connectivity index (χ3v) is 4.68. The van der Waals surface area contributed by atoms with E-state index in [2.05, 4.69) is 5.32 Å². The Morgan fingerprint density at radius 3 is 2.19 bits per heavy atom. The Morgan fingerprint density at radius 1 is 0.892 bits per heavy atom. The van der Waals surface area contributed by atoms with Crippen LogP contribution in [0.2, 0.25) is 0 Å². The van der Waals surface area contributed by atoms with Gasteiger partial charge in [-0.05, 0) is 69.9 Å². The molecule has 0 saturated carbocycles. The number of unbranched alkanes of at least 4 members (excludes halogenated alkanes) is 1. The number of nitrogens with one attached hydrogen (secondary N) is 1. The number of aryl methyl sites for hydroxylation is 1. The molecular formula is C26H34N2O9. The van der Waals surface area contributed by atoms with E-state index in [0.29, 0.717) is 19.8 Å². The number of nitro groups is 1. The van der Waals surface area contributed by atoms with Crippen molar-refractivity contribution in [2.75, 3.05) is 33.0 Å². The third kappa shape index (κ3) is 13.1. The van der Waals surface area contributed by atoms with Crippen molar-refractivity contribution in [1.82, 2.24) is 5.32 Å². The number of benzene rings is 2. The fourth-order valence-corrected chi connectivity index (χ4v) is 2.98. The molecule has 0 aliphatic rings. The van der Waals surface area contributed by atoms with Crippen LogP contribution >= 0.6 is 0 Å². The Balaban J connectivity index is 1.49. The molecule has 0 fully saturated rings. The van der Waals surface area contributed by atoms with Gasteiger partial charge in [-0.3, -0.25) is 10.1 Å². The van der Waals surface area contributed by atoms with Gasteiger partial charge in [0, 0.05) is 18.7 Å². The number of carbonyl (C=O) groups excluding carboxylic acids is 2. The molecule has 2 rings (SSSR count). The third-order valence-electron chi connectivity index (χ3n) is 4.68. The van der Waals surface area contributed by atoms with Crippen LogP contribution in [0.4, 0.5) is 15.3 Å². The molecule has 0 heterocycles. The summed E-state index contributed by atoms with van der Waals surface area (Å²) in [5.74, 6) is 0.869. The topological polar surface area (TPSA) is 135 Å². The van der Waals surface area contributed by atoms with Crippen LogP contribution in [0.5, 0.6) is 11.5 Å². The van der Waals surface area contributed by atoms with Crippen molar-refractivity contribution in [3.05, 3.63) is 64.2 Å². The standard InChI is InChI=1S/C26H34N2O9/c1-26(2,3)37-24(29)27-15-5-4-6-20-7-11-22(12-8-20)34-18-16-33-17-19-35-25(30)36-23-13-9-21(10-14-23)28(31)32/h7-14H,4-6,15-19H2,1-3H3,(H,27,29). The van der Waals surface area contributed by atoms with Crippen molar-refractivity contribution in [2.45, 2.75) is 45.6 Å². The van der Waals surface area contributed by atoms with Crippen molar-refractivity contribution < 1.29 is 38.2 Å². The van der Waals surface area contributed by atoms with Crippen LogP contribution in [0.25, 0.3) is 0 Å². The van der Waals surface area contributed by atoms with Crippen LogP contribution in [0, 0.1) is 10.1 Å². The second kappa shape index (κ2) is 15.3. The predicted molar refractivity (Wildman–Crippen MR) is 135 cm³/mol. The minimum Gasteiger partial charge on any atom is -0.491 e. The Hall–Kier alpha value is -3.86. The second-order valence-corrected chi connectivity index (χ2v) is 8.94. The van der Waals surface area contributed by atoms with Gasteiger partial charge in [0.15, 0.2) is 0 Å². The molecule has 0 aliphatic heterocycles. The highest BCUT2D eigenvalue weighted by molar-refractivity contribution is 5.67. The smallest absolute Gasteiger partial charge is 0.491 e. The lowest BCUT2D eigenvalue weighted by Gasteiger charge is -2.19. The maximum Gasteiger partial charge on any atom is 0.513 e. The fourth-order valence-electron chi connectivity index (χ4n) is 2.98. The number of nitro benzene ring substituents is 1. The van der Waals surface area contributed by atoms with Crippen molar-refractivity contribution in [2.24, 2.45) is 0 Å². The molecule has 37 heavy (non-hydrogen) atoms. The number of non-ortho nitro benzene ring substituents is 1. The summed E-state index contributed by atoms with van der Waals surface area (Å²) in [6, 6.07) is 12.9. The number of amides is 1. The number of hydrogen-bond acceptors (Lipinski definition) is 9. The van der Waals surface area contributed by atoms with Gasteiger partial charge in [-0.2, -0.15) is 0 Å². The number of carbonyl (C=O) groups is 2. The van der Waals surface area contributed by atoms with Gasteiger partial charge in [0.2, 0.25) is 0 Å². The van der Waals surface area contributed by atoms with E-state index in [0.717, 1.165) is 25.0 Å². The summed E-state index contributed by atoms with van der Waals surface area (Å²) in [5.41, 5.74) is 0.581. The van der Waals surface area contributed by atoms with Gasteiger partial charge in [0.1, 0.15) is 30.3 Å². The largest absolute Gasteiger partial charge is 0.513 e. The molecule has 0 saturated heterocycles. The molecule has 11 heteroatoms. The zero-order valence-corrected chi connectivity index (χ0v) is 21.4. The first-order valence-electron chi connectivity index (χ1n) is 12.0. The van der Waals surface area contributed by atoms with Crippen LogP contribution in [0.1, 0.15) is 39.2 Å². The molecule has 2 aromatic carbocycles. The average Bonchev–Trinajstić information content (AvgIpc) is 2.83. The molecule has 1 amide bonds. The highest BCUT2D eigenvalue weighted by Gasteiger charge is 2.15. The summed E-state index contributed by atoms with van der Waals surface area (Å²) in [6.45, 7) is 6.88. The minimum absolute atomic E-state index is 0.00615. The van der Waals surface area contributed by atoms with Crippen LogP contribution in [-0.4, -0.2) is 55.7 Å². The summed E-state index contributed by atoms with van der Waals surface area (Å²) in [4.78, 5) is 33.3. The van der Waals surface area contributed by atoms with Crippen molar-refractivity contribution in [3.8, 4) is 11.5 Å². The van der Waals surface area contributed by atoms with Gasteiger partial charge in [0.25, 0.3) is 5.69 Å². The first kappa shape index (κ1) is 29.4.